The normalized spacial score (nSPS) is 20.1. The van der Waals surface area contributed by atoms with E-state index in [1.165, 1.54) is 18.0 Å². The van der Waals surface area contributed by atoms with Crippen molar-refractivity contribution in [1.29, 1.82) is 0 Å². The van der Waals surface area contributed by atoms with E-state index in [0.29, 0.717) is 47.5 Å². The summed E-state index contributed by atoms with van der Waals surface area (Å²) in [5, 5.41) is 1.27. The largest absolute Gasteiger partial charge is 0.493 e. The first-order chi connectivity index (χ1) is 17.4. The smallest absolute Gasteiger partial charge is 0.264 e. The Labute approximate surface area is 226 Å². The molecule has 0 atom stereocenters. The highest BCUT2D eigenvalue weighted by molar-refractivity contribution is 7.97. The summed E-state index contributed by atoms with van der Waals surface area (Å²) in [5.74, 6) is 1.09. The molecular weight excluding hydrogens is 522 g/mol. The van der Waals surface area contributed by atoms with Crippen molar-refractivity contribution in [3.63, 3.8) is 0 Å². The van der Waals surface area contributed by atoms with Crippen molar-refractivity contribution in [2.45, 2.75) is 44.1 Å². The summed E-state index contributed by atoms with van der Waals surface area (Å²) in [6.07, 6.45) is 4.05. The minimum atomic E-state index is -0.537. The number of carbonyl (C=O) groups excluding carboxylic acids is 1. The number of carbonyl (C=O) groups is 1. The second-order valence-electron chi connectivity index (χ2n) is 9.93. The predicted octanol–water partition coefficient (Wildman–Crippen LogP) is 6.42. The lowest BCUT2D eigenvalue weighted by molar-refractivity contribution is -0.155. The number of ether oxygens (including phenoxy) is 2. The van der Waals surface area contributed by atoms with E-state index in [2.05, 4.69) is 9.62 Å². The zero-order valence-electron chi connectivity index (χ0n) is 20.3. The Hall–Kier alpha value is -1.51. The first-order valence-corrected chi connectivity index (χ1v) is 14.3. The number of halogens is 3. The van der Waals surface area contributed by atoms with Crippen molar-refractivity contribution < 1.29 is 18.7 Å². The van der Waals surface area contributed by atoms with E-state index in [-0.39, 0.29) is 11.1 Å². The van der Waals surface area contributed by atoms with Gasteiger partial charge < -0.3 is 9.47 Å². The number of piperidine rings is 1. The van der Waals surface area contributed by atoms with Crippen LogP contribution < -0.4 is 9.46 Å². The van der Waals surface area contributed by atoms with Crippen LogP contribution in [0.3, 0.4) is 0 Å². The maximum absolute atomic E-state index is 14.8. The molecule has 0 radical (unpaired) electrons. The molecule has 0 aromatic heterocycles. The fourth-order valence-corrected chi connectivity index (χ4v) is 6.07. The molecule has 3 aliphatic rings. The maximum atomic E-state index is 14.8. The first-order valence-electron chi connectivity index (χ1n) is 12.6. The molecule has 2 saturated heterocycles. The van der Waals surface area contributed by atoms with Crippen molar-refractivity contribution in [2.75, 3.05) is 38.7 Å². The molecule has 1 aliphatic carbocycles. The standard InChI is InChI=1S/C27H31Cl2FN2O3S/c1-2-36-31-26(33)23-12-22(18-3-4-18)25(13-24(23)30)35-14-17-5-7-32(8-6-17)27(15-34-16-27)19-9-20(28)11-21(29)10-19/h9-13,17-18H,2-8,14-16H2,1H3,(H,31,33). The first kappa shape index (κ1) is 26.1. The summed E-state index contributed by atoms with van der Waals surface area (Å²) >= 11 is 13.8. The Bertz CT molecular complexity index is 1100. The molecule has 0 unspecified atom stereocenters. The van der Waals surface area contributed by atoms with Gasteiger partial charge in [-0.05, 0) is 86.0 Å². The van der Waals surface area contributed by atoms with Crippen molar-refractivity contribution in [3.8, 4) is 5.75 Å². The molecule has 2 aromatic rings. The minimum Gasteiger partial charge on any atom is -0.493 e. The van der Waals surface area contributed by atoms with E-state index < -0.39 is 11.7 Å². The number of amides is 1. The molecule has 9 heteroatoms. The fraction of sp³-hybridized carbons (Fsp3) is 0.519. The number of hydrogen-bond acceptors (Lipinski definition) is 5. The molecule has 0 bridgehead atoms. The third kappa shape index (κ3) is 5.51. The highest BCUT2D eigenvalue weighted by Crippen LogP contribution is 2.46. The second-order valence-corrected chi connectivity index (χ2v) is 11.9. The summed E-state index contributed by atoms with van der Waals surface area (Å²) in [6, 6.07) is 8.82. The zero-order chi connectivity index (χ0) is 25.3. The molecule has 0 spiro atoms. The Morgan fingerprint density at radius 1 is 1.14 bits per heavy atom. The molecule has 194 valence electrons. The molecule has 1 N–H and O–H groups in total. The average Bonchev–Trinajstić information content (AvgIpc) is 3.66. The van der Waals surface area contributed by atoms with Gasteiger partial charge in [0.05, 0.1) is 30.9 Å². The SMILES string of the molecule is CCSNC(=O)c1cc(C2CC2)c(OCC2CCN(C3(c4cc(Cl)cc(Cl)c4)COC3)CC2)cc1F. The summed E-state index contributed by atoms with van der Waals surface area (Å²) in [5.41, 5.74) is 1.96. The quantitative estimate of drug-likeness (QED) is 0.363. The van der Waals surface area contributed by atoms with Crippen molar-refractivity contribution in [3.05, 3.63) is 62.9 Å². The van der Waals surface area contributed by atoms with Crippen molar-refractivity contribution in [2.24, 2.45) is 5.92 Å². The number of hydrogen-bond donors (Lipinski definition) is 1. The van der Waals surface area contributed by atoms with Gasteiger partial charge in [-0.1, -0.05) is 42.1 Å². The monoisotopic (exact) mass is 552 g/mol. The number of likely N-dealkylation sites (tertiary alicyclic amines) is 1. The Balaban J connectivity index is 1.22. The van der Waals surface area contributed by atoms with E-state index >= 15 is 0 Å². The summed E-state index contributed by atoms with van der Waals surface area (Å²) in [6.45, 7) is 5.57. The van der Waals surface area contributed by atoms with E-state index in [1.807, 2.05) is 19.1 Å². The van der Waals surface area contributed by atoms with Gasteiger partial charge in [-0.2, -0.15) is 0 Å². The third-order valence-corrected chi connectivity index (χ3v) is 8.50. The van der Waals surface area contributed by atoms with Crippen LogP contribution in [-0.2, 0) is 10.3 Å². The molecule has 1 amide bonds. The molecule has 5 nitrogen and oxygen atoms in total. The van der Waals surface area contributed by atoms with Gasteiger partial charge in [0.1, 0.15) is 11.6 Å². The third-order valence-electron chi connectivity index (χ3n) is 7.45. The zero-order valence-corrected chi connectivity index (χ0v) is 22.7. The highest BCUT2D eigenvalue weighted by atomic mass is 35.5. The van der Waals surface area contributed by atoms with Crippen LogP contribution in [0, 0.1) is 11.7 Å². The van der Waals surface area contributed by atoms with Gasteiger partial charge >= 0.3 is 0 Å². The van der Waals surface area contributed by atoms with Crippen molar-refractivity contribution >= 4 is 41.1 Å². The van der Waals surface area contributed by atoms with Crippen LogP contribution in [0.15, 0.2) is 30.3 Å². The Kier molecular flexibility index (Phi) is 8.04. The van der Waals surface area contributed by atoms with Crippen LogP contribution in [0.2, 0.25) is 10.0 Å². The van der Waals surface area contributed by atoms with Crippen LogP contribution in [0.4, 0.5) is 4.39 Å². The van der Waals surface area contributed by atoms with Crippen LogP contribution in [-0.4, -0.2) is 49.5 Å². The van der Waals surface area contributed by atoms with Crippen LogP contribution in [0.1, 0.15) is 60.0 Å². The summed E-state index contributed by atoms with van der Waals surface area (Å²) in [4.78, 5) is 14.9. The van der Waals surface area contributed by atoms with Crippen LogP contribution in [0.25, 0.3) is 0 Å². The van der Waals surface area contributed by atoms with E-state index in [1.54, 1.807) is 12.1 Å². The van der Waals surface area contributed by atoms with Gasteiger partial charge in [0.25, 0.3) is 5.91 Å². The second kappa shape index (κ2) is 11.1. The lowest BCUT2D eigenvalue weighted by atomic mass is 9.83. The minimum absolute atomic E-state index is 0.0904. The maximum Gasteiger partial charge on any atom is 0.264 e. The van der Waals surface area contributed by atoms with Gasteiger partial charge in [0.2, 0.25) is 0 Å². The lowest BCUT2D eigenvalue weighted by Crippen LogP contribution is -2.61. The molecular formula is C27H31Cl2FN2O3S. The lowest BCUT2D eigenvalue weighted by Gasteiger charge is -2.52. The molecule has 3 fully saturated rings. The van der Waals surface area contributed by atoms with Gasteiger partial charge in [-0.3, -0.25) is 14.4 Å². The molecule has 2 aliphatic heterocycles. The summed E-state index contributed by atoms with van der Waals surface area (Å²) < 4.78 is 29.3. The molecule has 5 rings (SSSR count). The summed E-state index contributed by atoms with van der Waals surface area (Å²) in [7, 11) is 0. The highest BCUT2D eigenvalue weighted by Gasteiger charge is 2.47. The topological polar surface area (TPSA) is 50.8 Å². The number of nitrogens with zero attached hydrogens (tertiary/aromatic N) is 1. The Morgan fingerprint density at radius 3 is 2.42 bits per heavy atom. The van der Waals surface area contributed by atoms with Crippen molar-refractivity contribution in [1.82, 2.24) is 9.62 Å². The van der Waals surface area contributed by atoms with E-state index in [0.717, 1.165) is 55.7 Å². The van der Waals surface area contributed by atoms with Gasteiger partial charge in [0.15, 0.2) is 0 Å². The number of nitrogens with one attached hydrogen (secondary N) is 1. The van der Waals surface area contributed by atoms with Crippen LogP contribution >= 0.6 is 35.1 Å². The van der Waals surface area contributed by atoms with E-state index in [4.69, 9.17) is 32.7 Å². The molecule has 1 saturated carbocycles. The van der Waals surface area contributed by atoms with E-state index in [9.17, 15) is 9.18 Å². The average molecular weight is 554 g/mol. The van der Waals surface area contributed by atoms with Crippen LogP contribution in [0.5, 0.6) is 5.75 Å². The number of rotatable bonds is 9. The Morgan fingerprint density at radius 2 is 1.83 bits per heavy atom. The van der Waals surface area contributed by atoms with Gasteiger partial charge in [-0.25, -0.2) is 4.39 Å². The van der Waals surface area contributed by atoms with Gasteiger partial charge in [-0.15, -0.1) is 0 Å². The van der Waals surface area contributed by atoms with Gasteiger partial charge in [0, 0.05) is 21.9 Å². The fourth-order valence-electron chi connectivity index (χ4n) is 5.16. The predicted molar refractivity (Wildman–Crippen MR) is 143 cm³/mol. The molecule has 2 aromatic carbocycles. The molecule has 36 heavy (non-hydrogen) atoms. The number of benzene rings is 2. The molecule has 2 heterocycles.